The minimum Gasteiger partial charge on any atom is -0.383 e. The summed E-state index contributed by atoms with van der Waals surface area (Å²) in [6, 6.07) is 4.82. The van der Waals surface area contributed by atoms with Gasteiger partial charge in [-0.25, -0.2) is 9.37 Å². The highest BCUT2D eigenvalue weighted by molar-refractivity contribution is 9.10. The van der Waals surface area contributed by atoms with E-state index < -0.39 is 0 Å². The van der Waals surface area contributed by atoms with Gasteiger partial charge in [0.2, 0.25) is 0 Å². The number of benzene rings is 1. The summed E-state index contributed by atoms with van der Waals surface area (Å²) in [5.74, 6) is 1.79. The molecule has 2 rings (SSSR count). The van der Waals surface area contributed by atoms with Crippen LogP contribution in [-0.4, -0.2) is 9.55 Å². The second-order valence-electron chi connectivity index (χ2n) is 5.99. The van der Waals surface area contributed by atoms with Crippen LogP contribution in [0.1, 0.15) is 39.4 Å². The summed E-state index contributed by atoms with van der Waals surface area (Å²) in [5.41, 5.74) is 7.22. The molecule has 1 aromatic heterocycles. The summed E-state index contributed by atoms with van der Waals surface area (Å²) in [4.78, 5) is 4.61. The minimum atomic E-state index is -0.311. The molecule has 0 saturated carbocycles. The lowest BCUT2D eigenvalue weighted by atomic mass is 10.1. The molecule has 3 nitrogen and oxygen atoms in total. The van der Waals surface area contributed by atoms with Crippen molar-refractivity contribution in [1.29, 1.82) is 0 Å². The van der Waals surface area contributed by atoms with Gasteiger partial charge in [-0.15, -0.1) is 0 Å². The lowest BCUT2D eigenvalue weighted by molar-refractivity contribution is 0.502. The molecule has 0 bridgehead atoms. The second kappa shape index (κ2) is 6.18. The van der Waals surface area contributed by atoms with Crippen molar-refractivity contribution >= 4 is 21.7 Å². The number of nitrogens with zero attached hydrogens (tertiary/aromatic N) is 2. The molecule has 0 radical (unpaired) electrons. The van der Waals surface area contributed by atoms with Gasteiger partial charge in [-0.2, -0.15) is 0 Å². The Kier molecular flexibility index (Phi) is 4.71. The van der Waals surface area contributed by atoms with Gasteiger partial charge in [0.05, 0.1) is 0 Å². The average Bonchev–Trinajstić information content (AvgIpc) is 2.70. The summed E-state index contributed by atoms with van der Waals surface area (Å²) < 4.78 is 16.9. The van der Waals surface area contributed by atoms with Gasteiger partial charge in [-0.1, -0.05) is 43.6 Å². The van der Waals surface area contributed by atoms with Crippen molar-refractivity contribution in [2.45, 2.75) is 40.2 Å². The number of halogens is 2. The number of aromatic nitrogens is 2. The van der Waals surface area contributed by atoms with Gasteiger partial charge >= 0.3 is 0 Å². The monoisotopic (exact) mass is 353 g/mol. The maximum absolute atomic E-state index is 14.1. The Bertz CT molecular complexity index is 647. The maximum Gasteiger partial charge on any atom is 0.132 e. The SMILES string of the molecule is CC(C)Cn1c(C(C)C)nc(-c2cc(Br)ccc2F)c1N. The fraction of sp³-hybridized carbons (Fsp3) is 0.438. The molecule has 1 aromatic carbocycles. The van der Waals surface area contributed by atoms with Crippen molar-refractivity contribution in [2.75, 3.05) is 5.73 Å². The van der Waals surface area contributed by atoms with E-state index in [1.54, 1.807) is 12.1 Å². The molecule has 21 heavy (non-hydrogen) atoms. The molecule has 114 valence electrons. The molecule has 0 aliphatic heterocycles. The van der Waals surface area contributed by atoms with E-state index in [-0.39, 0.29) is 11.7 Å². The number of nitrogen functional groups attached to an aromatic ring is 1. The van der Waals surface area contributed by atoms with Gasteiger partial charge in [-0.3, -0.25) is 0 Å². The predicted octanol–water partition coefficient (Wildman–Crippen LogP) is 4.81. The van der Waals surface area contributed by atoms with Crippen LogP contribution in [0.25, 0.3) is 11.3 Å². The molecule has 1 heterocycles. The standard InChI is InChI=1S/C16H21BrFN3/c1-9(2)8-21-15(19)14(20-16(21)10(3)4)12-7-11(17)5-6-13(12)18/h5-7,9-10H,8,19H2,1-4H3. The molecule has 5 heteroatoms. The number of hydrogen-bond donors (Lipinski definition) is 1. The van der Waals surface area contributed by atoms with Crippen molar-refractivity contribution in [3.05, 3.63) is 34.3 Å². The maximum atomic E-state index is 14.1. The van der Waals surface area contributed by atoms with Gasteiger partial charge < -0.3 is 10.3 Å². The largest absolute Gasteiger partial charge is 0.383 e. The number of imidazole rings is 1. The summed E-state index contributed by atoms with van der Waals surface area (Å²) in [5, 5.41) is 0. The smallest absolute Gasteiger partial charge is 0.132 e. The van der Waals surface area contributed by atoms with Crippen LogP contribution in [0.3, 0.4) is 0 Å². The van der Waals surface area contributed by atoms with Crippen LogP contribution in [0.15, 0.2) is 22.7 Å². The topological polar surface area (TPSA) is 43.8 Å². The van der Waals surface area contributed by atoms with Gasteiger partial charge in [0.15, 0.2) is 0 Å². The Balaban J connectivity index is 2.62. The van der Waals surface area contributed by atoms with Crippen LogP contribution >= 0.6 is 15.9 Å². The number of nitrogens with two attached hydrogens (primary N) is 1. The van der Waals surface area contributed by atoms with Crippen molar-refractivity contribution in [3.63, 3.8) is 0 Å². The Hall–Kier alpha value is -1.36. The number of rotatable bonds is 4. The summed E-state index contributed by atoms with van der Waals surface area (Å²) in [7, 11) is 0. The Morgan fingerprint density at radius 1 is 1.29 bits per heavy atom. The molecular weight excluding hydrogens is 333 g/mol. The third-order valence-corrected chi connectivity index (χ3v) is 3.78. The zero-order chi connectivity index (χ0) is 15.7. The van der Waals surface area contributed by atoms with Gasteiger partial charge in [0.1, 0.15) is 23.2 Å². The average molecular weight is 354 g/mol. The van der Waals surface area contributed by atoms with E-state index in [2.05, 4.69) is 48.6 Å². The molecule has 0 spiro atoms. The molecule has 0 aliphatic carbocycles. The van der Waals surface area contributed by atoms with Crippen LogP contribution in [-0.2, 0) is 6.54 Å². The Morgan fingerprint density at radius 3 is 2.52 bits per heavy atom. The van der Waals surface area contributed by atoms with Crippen LogP contribution in [0.5, 0.6) is 0 Å². The van der Waals surface area contributed by atoms with Gasteiger partial charge in [-0.05, 0) is 24.1 Å². The third-order valence-electron chi connectivity index (χ3n) is 3.28. The summed E-state index contributed by atoms with van der Waals surface area (Å²) in [6.07, 6.45) is 0. The fourth-order valence-corrected chi connectivity index (χ4v) is 2.72. The summed E-state index contributed by atoms with van der Waals surface area (Å²) in [6.45, 7) is 9.17. The van der Waals surface area contributed by atoms with Gasteiger partial charge in [0, 0.05) is 22.5 Å². The highest BCUT2D eigenvalue weighted by Crippen LogP contribution is 2.33. The zero-order valence-electron chi connectivity index (χ0n) is 12.8. The molecule has 0 fully saturated rings. The molecule has 2 aromatic rings. The normalized spacial score (nSPS) is 11.6. The summed E-state index contributed by atoms with van der Waals surface area (Å²) >= 11 is 3.37. The van der Waals surface area contributed by atoms with E-state index in [1.807, 2.05) is 4.57 Å². The first-order chi connectivity index (χ1) is 9.81. The molecule has 0 unspecified atom stereocenters. The molecule has 0 aliphatic rings. The molecular formula is C16H21BrFN3. The van der Waals surface area contributed by atoms with Crippen molar-refractivity contribution < 1.29 is 4.39 Å². The Labute approximate surface area is 133 Å². The number of anilines is 1. The van der Waals surface area contributed by atoms with E-state index in [4.69, 9.17) is 5.73 Å². The van der Waals surface area contributed by atoms with Crippen LogP contribution in [0.4, 0.5) is 10.2 Å². The van der Waals surface area contributed by atoms with E-state index in [9.17, 15) is 4.39 Å². The quantitative estimate of drug-likeness (QED) is 0.856. The van der Waals surface area contributed by atoms with E-state index >= 15 is 0 Å². The lowest BCUT2D eigenvalue weighted by Gasteiger charge is -2.14. The number of hydrogen-bond acceptors (Lipinski definition) is 2. The van der Waals surface area contributed by atoms with E-state index in [0.717, 1.165) is 16.8 Å². The van der Waals surface area contributed by atoms with Crippen molar-refractivity contribution in [1.82, 2.24) is 9.55 Å². The Morgan fingerprint density at radius 2 is 1.95 bits per heavy atom. The molecule has 2 N–H and O–H groups in total. The van der Waals surface area contributed by atoms with Crippen molar-refractivity contribution in [3.8, 4) is 11.3 Å². The lowest BCUT2D eigenvalue weighted by Crippen LogP contribution is -2.12. The fourth-order valence-electron chi connectivity index (χ4n) is 2.36. The third kappa shape index (κ3) is 3.28. The first-order valence-corrected chi connectivity index (χ1v) is 7.91. The molecule has 0 saturated heterocycles. The highest BCUT2D eigenvalue weighted by Gasteiger charge is 2.21. The zero-order valence-corrected chi connectivity index (χ0v) is 14.4. The highest BCUT2D eigenvalue weighted by atomic mass is 79.9. The van der Waals surface area contributed by atoms with E-state index in [1.165, 1.54) is 6.07 Å². The van der Waals surface area contributed by atoms with E-state index in [0.29, 0.717) is 23.0 Å². The van der Waals surface area contributed by atoms with Crippen molar-refractivity contribution in [2.24, 2.45) is 5.92 Å². The molecule has 0 amide bonds. The van der Waals surface area contributed by atoms with Gasteiger partial charge in [0.25, 0.3) is 0 Å². The van der Waals surface area contributed by atoms with Crippen LogP contribution in [0, 0.1) is 11.7 Å². The first-order valence-electron chi connectivity index (χ1n) is 7.12. The second-order valence-corrected chi connectivity index (χ2v) is 6.90. The van der Waals surface area contributed by atoms with Crippen LogP contribution < -0.4 is 5.73 Å². The molecule has 0 atom stereocenters. The minimum absolute atomic E-state index is 0.231. The van der Waals surface area contributed by atoms with Crippen LogP contribution in [0.2, 0.25) is 0 Å². The first kappa shape index (κ1) is 16.0. The predicted molar refractivity (Wildman–Crippen MR) is 88.7 cm³/mol.